The first-order valence-electron chi connectivity index (χ1n) is 4.24. The molecule has 0 fully saturated rings. The summed E-state index contributed by atoms with van der Waals surface area (Å²) in [6.07, 6.45) is -5.10. The van der Waals surface area contributed by atoms with Crippen LogP contribution in [0.25, 0.3) is 0 Å². The Morgan fingerprint density at radius 2 is 2.29 bits per heavy atom. The molecule has 4 nitrogen and oxygen atoms in total. The fourth-order valence-corrected chi connectivity index (χ4v) is 1.07. The Morgan fingerprint density at radius 1 is 1.57 bits per heavy atom. The predicted octanol–water partition coefficient (Wildman–Crippen LogP) is 0.242. The van der Waals surface area contributed by atoms with Crippen molar-refractivity contribution >= 4 is 5.71 Å². The molecule has 1 rings (SSSR count). The van der Waals surface area contributed by atoms with Gasteiger partial charge in [-0.1, -0.05) is 5.16 Å². The number of halogens is 3. The van der Waals surface area contributed by atoms with E-state index in [0.717, 1.165) is 0 Å². The number of nitrogens with two attached hydrogens (primary N) is 1. The summed E-state index contributed by atoms with van der Waals surface area (Å²) in [4.78, 5) is 4.60. The molecule has 0 aromatic rings. The number of hydrogen-bond acceptors (Lipinski definition) is 4. The Balaban J connectivity index is 2.25. The standard InChI is InChI=1S/C7H12F3N3O/c8-7(9,10)6-3-5(14-13-6)4-12-2-1-11/h5,12H,1-4,11H2. The van der Waals surface area contributed by atoms with Gasteiger partial charge in [-0.15, -0.1) is 0 Å². The first-order valence-corrected chi connectivity index (χ1v) is 4.24. The molecular formula is C7H12F3N3O. The topological polar surface area (TPSA) is 59.6 Å². The average Bonchev–Trinajstić information content (AvgIpc) is 2.52. The molecule has 1 aliphatic heterocycles. The molecule has 82 valence electrons. The first kappa shape index (κ1) is 11.3. The minimum Gasteiger partial charge on any atom is -0.391 e. The lowest BCUT2D eigenvalue weighted by atomic mass is 10.2. The van der Waals surface area contributed by atoms with Crippen molar-refractivity contribution in [2.45, 2.75) is 18.7 Å². The van der Waals surface area contributed by atoms with E-state index in [2.05, 4.69) is 15.3 Å². The van der Waals surface area contributed by atoms with Crippen molar-refractivity contribution in [3.8, 4) is 0 Å². The van der Waals surface area contributed by atoms with Gasteiger partial charge in [-0.2, -0.15) is 13.2 Å². The van der Waals surface area contributed by atoms with E-state index in [1.807, 2.05) is 0 Å². The number of rotatable bonds is 4. The molecule has 7 heteroatoms. The van der Waals surface area contributed by atoms with E-state index in [4.69, 9.17) is 5.73 Å². The van der Waals surface area contributed by atoms with Gasteiger partial charge >= 0.3 is 6.18 Å². The van der Waals surface area contributed by atoms with Crippen LogP contribution in [0.1, 0.15) is 6.42 Å². The third-order valence-electron chi connectivity index (χ3n) is 1.75. The fraction of sp³-hybridized carbons (Fsp3) is 0.857. The Kier molecular flexibility index (Phi) is 3.70. The van der Waals surface area contributed by atoms with E-state index in [9.17, 15) is 13.2 Å². The Labute approximate surface area is 79.3 Å². The smallest absolute Gasteiger partial charge is 0.391 e. The lowest BCUT2D eigenvalue weighted by molar-refractivity contribution is -0.0604. The van der Waals surface area contributed by atoms with Crippen molar-refractivity contribution in [1.82, 2.24) is 5.32 Å². The summed E-state index contributed by atoms with van der Waals surface area (Å²) in [5.41, 5.74) is 4.35. The predicted molar refractivity (Wildman–Crippen MR) is 44.9 cm³/mol. The molecule has 0 aromatic carbocycles. The highest BCUT2D eigenvalue weighted by Crippen LogP contribution is 2.25. The minimum atomic E-state index is -4.37. The van der Waals surface area contributed by atoms with Gasteiger partial charge in [-0.05, 0) is 0 Å². The molecule has 0 aromatic heterocycles. The molecule has 0 saturated carbocycles. The molecule has 0 saturated heterocycles. The zero-order valence-electron chi connectivity index (χ0n) is 7.47. The maximum Gasteiger partial charge on any atom is 0.432 e. The van der Waals surface area contributed by atoms with Gasteiger partial charge in [-0.3, -0.25) is 0 Å². The molecular weight excluding hydrogens is 199 g/mol. The molecule has 1 aliphatic rings. The molecule has 1 unspecified atom stereocenters. The van der Waals surface area contributed by atoms with Gasteiger partial charge in [0.15, 0.2) is 5.71 Å². The largest absolute Gasteiger partial charge is 0.432 e. The summed E-state index contributed by atoms with van der Waals surface area (Å²) in [6.45, 7) is 1.33. The highest BCUT2D eigenvalue weighted by Gasteiger charge is 2.41. The van der Waals surface area contributed by atoms with Crippen LogP contribution in [0, 0.1) is 0 Å². The zero-order valence-corrected chi connectivity index (χ0v) is 7.47. The van der Waals surface area contributed by atoms with Crippen molar-refractivity contribution < 1.29 is 18.0 Å². The third kappa shape index (κ3) is 3.15. The van der Waals surface area contributed by atoms with Crippen LogP contribution in [0.15, 0.2) is 5.16 Å². The van der Waals surface area contributed by atoms with Crippen LogP contribution in [0.2, 0.25) is 0 Å². The van der Waals surface area contributed by atoms with Crippen LogP contribution < -0.4 is 11.1 Å². The van der Waals surface area contributed by atoms with E-state index >= 15 is 0 Å². The van der Waals surface area contributed by atoms with Gasteiger partial charge in [-0.25, -0.2) is 0 Å². The highest BCUT2D eigenvalue weighted by molar-refractivity contribution is 5.90. The van der Waals surface area contributed by atoms with Gasteiger partial charge in [0, 0.05) is 26.1 Å². The second-order valence-corrected chi connectivity index (χ2v) is 2.96. The van der Waals surface area contributed by atoms with Crippen molar-refractivity contribution in [3.63, 3.8) is 0 Å². The maximum atomic E-state index is 12.1. The van der Waals surface area contributed by atoms with E-state index in [1.165, 1.54) is 0 Å². The Morgan fingerprint density at radius 3 is 2.79 bits per heavy atom. The van der Waals surface area contributed by atoms with Crippen LogP contribution in [-0.4, -0.2) is 37.6 Å². The van der Waals surface area contributed by atoms with Crippen molar-refractivity contribution in [1.29, 1.82) is 0 Å². The summed E-state index contributed by atoms with van der Waals surface area (Å²) < 4.78 is 36.2. The second kappa shape index (κ2) is 4.61. The van der Waals surface area contributed by atoms with E-state index in [1.54, 1.807) is 0 Å². The minimum absolute atomic E-state index is 0.193. The zero-order chi connectivity index (χ0) is 10.6. The van der Waals surface area contributed by atoms with Gasteiger partial charge in [0.1, 0.15) is 6.10 Å². The summed E-state index contributed by atoms with van der Waals surface area (Å²) in [7, 11) is 0. The second-order valence-electron chi connectivity index (χ2n) is 2.96. The normalized spacial score (nSPS) is 22.0. The monoisotopic (exact) mass is 211 g/mol. The molecule has 0 spiro atoms. The molecule has 1 heterocycles. The van der Waals surface area contributed by atoms with E-state index in [0.29, 0.717) is 19.6 Å². The number of nitrogens with one attached hydrogen (secondary N) is 1. The van der Waals surface area contributed by atoms with E-state index < -0.39 is 18.0 Å². The van der Waals surface area contributed by atoms with E-state index in [-0.39, 0.29) is 6.42 Å². The molecule has 14 heavy (non-hydrogen) atoms. The van der Waals surface area contributed by atoms with Crippen molar-refractivity contribution in [2.24, 2.45) is 10.9 Å². The molecule has 3 N–H and O–H groups in total. The summed E-state index contributed by atoms with van der Waals surface area (Å²) >= 11 is 0. The SMILES string of the molecule is NCCNCC1CC(C(F)(F)F)=NO1. The lowest BCUT2D eigenvalue weighted by Crippen LogP contribution is -2.32. The quantitative estimate of drug-likeness (QED) is 0.655. The maximum absolute atomic E-state index is 12.1. The molecule has 0 aliphatic carbocycles. The van der Waals surface area contributed by atoms with Gasteiger partial charge in [0.05, 0.1) is 0 Å². The summed E-state index contributed by atoms with van der Waals surface area (Å²) in [5, 5.41) is 5.85. The fourth-order valence-electron chi connectivity index (χ4n) is 1.07. The van der Waals surface area contributed by atoms with Gasteiger partial charge in [0.2, 0.25) is 0 Å². The van der Waals surface area contributed by atoms with Crippen LogP contribution in [0.5, 0.6) is 0 Å². The number of hydrogen-bond donors (Lipinski definition) is 2. The molecule has 1 atom stereocenters. The average molecular weight is 211 g/mol. The molecule has 0 radical (unpaired) electrons. The van der Waals surface area contributed by atoms with Crippen LogP contribution >= 0.6 is 0 Å². The first-order chi connectivity index (χ1) is 6.54. The number of nitrogens with zero attached hydrogens (tertiary/aromatic N) is 1. The van der Waals surface area contributed by atoms with Crippen molar-refractivity contribution in [3.05, 3.63) is 0 Å². The summed E-state index contributed by atoms with van der Waals surface area (Å²) in [6, 6.07) is 0. The molecule has 0 bridgehead atoms. The van der Waals surface area contributed by atoms with Crippen molar-refractivity contribution in [2.75, 3.05) is 19.6 Å². The number of alkyl halides is 3. The number of oxime groups is 1. The Hall–Kier alpha value is -0.820. The highest BCUT2D eigenvalue weighted by atomic mass is 19.4. The lowest BCUT2D eigenvalue weighted by Gasteiger charge is -2.08. The third-order valence-corrected chi connectivity index (χ3v) is 1.75. The summed E-state index contributed by atoms with van der Waals surface area (Å²) in [5.74, 6) is 0. The van der Waals surface area contributed by atoms with Crippen LogP contribution in [0.4, 0.5) is 13.2 Å². The van der Waals surface area contributed by atoms with Crippen LogP contribution in [-0.2, 0) is 4.84 Å². The Bertz CT molecular complexity index is 217. The van der Waals surface area contributed by atoms with Gasteiger partial charge in [0.25, 0.3) is 0 Å². The van der Waals surface area contributed by atoms with Crippen LogP contribution in [0.3, 0.4) is 0 Å². The van der Waals surface area contributed by atoms with Gasteiger partial charge < -0.3 is 15.9 Å². The molecule has 0 amide bonds.